The van der Waals surface area contributed by atoms with E-state index in [-0.39, 0.29) is 1.43 Å². The molecule has 0 aromatic heterocycles. The summed E-state index contributed by atoms with van der Waals surface area (Å²) < 4.78 is 5.76. The van der Waals surface area contributed by atoms with Gasteiger partial charge in [-0.15, -0.1) is 0 Å². The van der Waals surface area contributed by atoms with Crippen molar-refractivity contribution in [2.75, 3.05) is 39.5 Å². The number of nitrogens with zero attached hydrogens (tertiary/aromatic N) is 1. The maximum absolute atomic E-state index is 9.25. The van der Waals surface area contributed by atoms with Gasteiger partial charge in [-0.2, -0.15) is 0 Å². The van der Waals surface area contributed by atoms with Gasteiger partial charge in [-0.05, 0) is 55.7 Å². The Kier molecular flexibility index (Phi) is 13.5. The van der Waals surface area contributed by atoms with Gasteiger partial charge in [-0.3, -0.25) is 0 Å². The second-order valence-electron chi connectivity index (χ2n) is 7.29. The van der Waals surface area contributed by atoms with Gasteiger partial charge in [0.25, 0.3) is 0 Å². The van der Waals surface area contributed by atoms with E-state index in [0.717, 1.165) is 45.6 Å². The highest BCUT2D eigenvalue weighted by Crippen LogP contribution is 2.15. The van der Waals surface area contributed by atoms with Crippen molar-refractivity contribution in [3.05, 3.63) is 35.4 Å². The van der Waals surface area contributed by atoms with E-state index in [1.165, 1.54) is 36.9 Å². The van der Waals surface area contributed by atoms with Gasteiger partial charge in [0.1, 0.15) is 0 Å². The SMILES string of the molecule is CCC.NCc1cccc(CCCOCCCN2CCCC(CO)C2)c1.[HH]. The van der Waals surface area contributed by atoms with E-state index in [4.69, 9.17) is 10.5 Å². The molecule has 1 heterocycles. The van der Waals surface area contributed by atoms with Crippen molar-refractivity contribution in [1.29, 1.82) is 0 Å². The molecular formula is C22H42N2O2. The fourth-order valence-corrected chi connectivity index (χ4v) is 3.29. The molecule has 3 N–H and O–H groups in total. The summed E-state index contributed by atoms with van der Waals surface area (Å²) in [6.45, 7) is 10.2. The molecule has 0 bridgehead atoms. The lowest BCUT2D eigenvalue weighted by Crippen LogP contribution is -2.37. The van der Waals surface area contributed by atoms with Gasteiger partial charge >= 0.3 is 0 Å². The molecule has 1 aliphatic rings. The Morgan fingerprint density at radius 2 is 1.96 bits per heavy atom. The first kappa shape index (κ1) is 23.1. The monoisotopic (exact) mass is 366 g/mol. The first-order valence-corrected chi connectivity index (χ1v) is 10.4. The number of ether oxygens (including phenoxy) is 1. The van der Waals surface area contributed by atoms with Crippen molar-refractivity contribution in [3.8, 4) is 0 Å². The van der Waals surface area contributed by atoms with Gasteiger partial charge in [0, 0.05) is 40.9 Å². The Morgan fingerprint density at radius 3 is 2.69 bits per heavy atom. The average Bonchev–Trinajstić information content (AvgIpc) is 2.68. The van der Waals surface area contributed by atoms with Crippen LogP contribution in [0.5, 0.6) is 0 Å². The van der Waals surface area contributed by atoms with Gasteiger partial charge in [-0.25, -0.2) is 0 Å². The zero-order valence-electron chi connectivity index (χ0n) is 17.0. The lowest BCUT2D eigenvalue weighted by atomic mass is 9.99. The number of rotatable bonds is 10. The molecule has 1 aliphatic heterocycles. The number of benzene rings is 1. The van der Waals surface area contributed by atoms with E-state index in [1.54, 1.807) is 0 Å². The number of piperidine rings is 1. The third kappa shape index (κ3) is 10.3. The average molecular weight is 367 g/mol. The Bertz CT molecular complexity index is 460. The van der Waals surface area contributed by atoms with E-state index < -0.39 is 0 Å². The molecule has 4 nitrogen and oxygen atoms in total. The lowest BCUT2D eigenvalue weighted by molar-refractivity contribution is 0.0937. The summed E-state index contributed by atoms with van der Waals surface area (Å²) in [5, 5.41) is 9.25. The van der Waals surface area contributed by atoms with Crippen molar-refractivity contribution < 1.29 is 11.3 Å². The zero-order chi connectivity index (χ0) is 19.0. The number of aryl methyl sites for hydroxylation is 1. The number of hydrogen-bond acceptors (Lipinski definition) is 4. The summed E-state index contributed by atoms with van der Waals surface area (Å²) in [7, 11) is 0. The second kappa shape index (κ2) is 15.2. The summed E-state index contributed by atoms with van der Waals surface area (Å²) in [6, 6.07) is 8.50. The largest absolute Gasteiger partial charge is 0.396 e. The molecule has 26 heavy (non-hydrogen) atoms. The first-order chi connectivity index (χ1) is 12.7. The van der Waals surface area contributed by atoms with E-state index in [2.05, 4.69) is 43.0 Å². The summed E-state index contributed by atoms with van der Waals surface area (Å²) in [6.07, 6.45) is 6.84. The summed E-state index contributed by atoms with van der Waals surface area (Å²) >= 11 is 0. The molecule has 0 spiro atoms. The van der Waals surface area contributed by atoms with Crippen LogP contribution in [-0.2, 0) is 17.7 Å². The Hall–Kier alpha value is -0.940. The molecule has 1 aromatic carbocycles. The van der Waals surface area contributed by atoms with Crippen LogP contribution in [-0.4, -0.2) is 49.5 Å². The molecular weight excluding hydrogens is 324 g/mol. The fraction of sp³-hybridized carbons (Fsp3) is 0.727. The number of nitrogens with two attached hydrogens (primary N) is 1. The number of aliphatic hydroxyl groups excluding tert-OH is 1. The van der Waals surface area contributed by atoms with E-state index >= 15 is 0 Å². The van der Waals surface area contributed by atoms with Gasteiger partial charge in [0.05, 0.1) is 0 Å². The number of likely N-dealkylation sites (tertiary alicyclic amines) is 1. The minimum absolute atomic E-state index is 0. The van der Waals surface area contributed by atoms with Crippen molar-refractivity contribution in [2.24, 2.45) is 11.7 Å². The van der Waals surface area contributed by atoms with Crippen LogP contribution in [0.25, 0.3) is 0 Å². The van der Waals surface area contributed by atoms with Gasteiger partial charge in [-0.1, -0.05) is 44.5 Å². The Labute approximate surface area is 162 Å². The van der Waals surface area contributed by atoms with Crippen molar-refractivity contribution in [3.63, 3.8) is 0 Å². The maximum atomic E-state index is 9.25. The third-order valence-electron chi connectivity index (χ3n) is 4.61. The topological polar surface area (TPSA) is 58.7 Å². The molecule has 152 valence electrons. The molecule has 0 radical (unpaired) electrons. The molecule has 1 saturated heterocycles. The molecule has 1 unspecified atom stereocenters. The van der Waals surface area contributed by atoms with Crippen LogP contribution in [0.2, 0.25) is 0 Å². The van der Waals surface area contributed by atoms with Gasteiger partial charge < -0.3 is 20.5 Å². The van der Waals surface area contributed by atoms with Crippen LogP contribution in [0.4, 0.5) is 0 Å². The smallest absolute Gasteiger partial charge is 0.0478 e. The predicted molar refractivity (Wildman–Crippen MR) is 112 cm³/mol. The number of hydrogen-bond donors (Lipinski definition) is 2. The molecule has 0 aliphatic carbocycles. The molecule has 1 fully saturated rings. The summed E-state index contributed by atoms with van der Waals surface area (Å²) in [4.78, 5) is 2.46. The highest BCUT2D eigenvalue weighted by atomic mass is 16.5. The van der Waals surface area contributed by atoms with E-state index in [1.807, 2.05) is 0 Å². The van der Waals surface area contributed by atoms with Gasteiger partial charge in [0.2, 0.25) is 0 Å². The van der Waals surface area contributed by atoms with Crippen LogP contribution < -0.4 is 5.73 Å². The molecule has 2 rings (SSSR count). The van der Waals surface area contributed by atoms with Crippen LogP contribution in [0.1, 0.15) is 58.5 Å². The van der Waals surface area contributed by atoms with Crippen LogP contribution >= 0.6 is 0 Å². The highest BCUT2D eigenvalue weighted by Gasteiger charge is 2.18. The summed E-state index contributed by atoms with van der Waals surface area (Å²) in [5.74, 6) is 0.481. The molecule has 1 atom stereocenters. The van der Waals surface area contributed by atoms with Crippen molar-refractivity contribution in [2.45, 2.75) is 58.9 Å². The van der Waals surface area contributed by atoms with Crippen molar-refractivity contribution >= 4 is 0 Å². The van der Waals surface area contributed by atoms with Crippen LogP contribution in [0, 0.1) is 5.92 Å². The molecule has 0 saturated carbocycles. The van der Waals surface area contributed by atoms with E-state index in [9.17, 15) is 5.11 Å². The Balaban J connectivity index is 0.00000158. The fourth-order valence-electron chi connectivity index (χ4n) is 3.29. The van der Waals surface area contributed by atoms with E-state index in [0.29, 0.717) is 19.1 Å². The number of aliphatic hydroxyl groups is 1. The van der Waals surface area contributed by atoms with Crippen LogP contribution in [0.3, 0.4) is 0 Å². The third-order valence-corrected chi connectivity index (χ3v) is 4.61. The predicted octanol–water partition coefficient (Wildman–Crippen LogP) is 3.85. The Morgan fingerprint density at radius 1 is 1.23 bits per heavy atom. The molecule has 4 heteroatoms. The van der Waals surface area contributed by atoms with Gasteiger partial charge in [0.15, 0.2) is 0 Å². The lowest BCUT2D eigenvalue weighted by Gasteiger charge is -2.31. The minimum atomic E-state index is 0. The quantitative estimate of drug-likeness (QED) is 0.618. The molecule has 1 aromatic rings. The normalized spacial score (nSPS) is 17.6. The second-order valence-corrected chi connectivity index (χ2v) is 7.29. The van der Waals surface area contributed by atoms with Crippen molar-refractivity contribution in [1.82, 2.24) is 4.90 Å². The maximum Gasteiger partial charge on any atom is 0.0478 e. The zero-order valence-corrected chi connectivity index (χ0v) is 17.0. The summed E-state index contributed by atoms with van der Waals surface area (Å²) in [5.41, 5.74) is 8.21. The van der Waals surface area contributed by atoms with Crippen LogP contribution in [0.15, 0.2) is 24.3 Å². The minimum Gasteiger partial charge on any atom is -0.396 e. The highest BCUT2D eigenvalue weighted by molar-refractivity contribution is 5.23. The first-order valence-electron chi connectivity index (χ1n) is 10.4. The molecule has 0 amide bonds. The standard InChI is InChI=1S/C19H32N2O2.C3H8.H2/c20-14-18-6-1-5-17(13-18)8-3-11-23-12-4-10-21-9-2-7-19(15-21)16-22;1-3-2;/h1,5-6,13,19,22H,2-4,7-12,14-16,20H2;3H2,1-2H3;1H.